The lowest BCUT2D eigenvalue weighted by atomic mass is 10.1. The van der Waals surface area contributed by atoms with Gasteiger partial charge >= 0.3 is 0 Å². The minimum absolute atomic E-state index is 0.319. The number of halogens is 1. The molecule has 0 fully saturated rings. The predicted octanol–water partition coefficient (Wildman–Crippen LogP) is -0.319. The van der Waals surface area contributed by atoms with Gasteiger partial charge in [0.1, 0.15) is 5.82 Å². The molecule has 4 heteroatoms. The van der Waals surface area contributed by atoms with Crippen molar-refractivity contribution in [2.75, 3.05) is 0 Å². The summed E-state index contributed by atoms with van der Waals surface area (Å²) in [5.74, 6) is -2.44. The third-order valence-electron chi connectivity index (χ3n) is 1.43. The number of aliphatic hydroxyl groups is 1. The van der Waals surface area contributed by atoms with E-state index in [2.05, 4.69) is 0 Å². The highest BCUT2D eigenvalue weighted by atomic mass is 19.1. The molecule has 0 bridgehead atoms. The second kappa shape index (κ2) is 3.32. The summed E-state index contributed by atoms with van der Waals surface area (Å²) in [5, 5.41) is 18.9. The maximum atomic E-state index is 12.7. The molecule has 1 rings (SSSR count). The topological polar surface area (TPSA) is 60.4 Å². The van der Waals surface area contributed by atoms with Crippen LogP contribution in [0.15, 0.2) is 18.2 Å². The Morgan fingerprint density at radius 1 is 1.58 bits per heavy atom. The average molecular weight is 169 g/mol. The van der Waals surface area contributed by atoms with E-state index in [4.69, 9.17) is 5.11 Å². The molecule has 0 aliphatic rings. The van der Waals surface area contributed by atoms with Crippen LogP contribution in [0.5, 0.6) is 0 Å². The molecule has 0 spiro atoms. The van der Waals surface area contributed by atoms with Crippen LogP contribution in [0.4, 0.5) is 4.39 Å². The van der Waals surface area contributed by atoms with E-state index in [9.17, 15) is 14.3 Å². The van der Waals surface area contributed by atoms with Crippen LogP contribution < -0.4 is 5.11 Å². The molecule has 0 atom stereocenters. The van der Waals surface area contributed by atoms with Gasteiger partial charge < -0.3 is 15.0 Å². The Morgan fingerprint density at radius 3 is 2.75 bits per heavy atom. The molecule has 12 heavy (non-hydrogen) atoms. The van der Waals surface area contributed by atoms with E-state index in [0.717, 1.165) is 12.1 Å². The quantitative estimate of drug-likeness (QED) is 0.660. The molecule has 0 aliphatic heterocycles. The number of aliphatic hydroxyl groups excluding tert-OH is 1. The SMILES string of the molecule is O=C([O-])c1cc(CO)ccc1F. The highest BCUT2D eigenvalue weighted by molar-refractivity contribution is 5.86. The van der Waals surface area contributed by atoms with Crippen molar-refractivity contribution < 1.29 is 19.4 Å². The zero-order valence-corrected chi connectivity index (χ0v) is 6.08. The van der Waals surface area contributed by atoms with Gasteiger partial charge in [0.05, 0.1) is 12.6 Å². The van der Waals surface area contributed by atoms with Crippen LogP contribution in [0.25, 0.3) is 0 Å². The number of carboxylic acid groups (broad SMARTS) is 1. The molecule has 1 N–H and O–H groups in total. The Balaban J connectivity index is 3.17. The second-order valence-corrected chi connectivity index (χ2v) is 2.26. The summed E-state index contributed by atoms with van der Waals surface area (Å²) in [7, 11) is 0. The third-order valence-corrected chi connectivity index (χ3v) is 1.43. The van der Waals surface area contributed by atoms with E-state index in [1.807, 2.05) is 0 Å². The lowest BCUT2D eigenvalue weighted by Crippen LogP contribution is -2.23. The Bertz CT molecular complexity index is 309. The highest BCUT2D eigenvalue weighted by Gasteiger charge is 2.03. The van der Waals surface area contributed by atoms with Gasteiger partial charge in [0.2, 0.25) is 0 Å². The molecule has 0 amide bonds. The summed E-state index contributed by atoms with van der Waals surface area (Å²) in [5.41, 5.74) is -0.183. The van der Waals surface area contributed by atoms with Gasteiger partial charge in [-0.1, -0.05) is 6.07 Å². The van der Waals surface area contributed by atoms with Gasteiger partial charge in [-0.2, -0.15) is 0 Å². The fraction of sp³-hybridized carbons (Fsp3) is 0.125. The molecule has 0 heterocycles. The zero-order valence-electron chi connectivity index (χ0n) is 6.08. The second-order valence-electron chi connectivity index (χ2n) is 2.26. The Morgan fingerprint density at radius 2 is 2.25 bits per heavy atom. The number of rotatable bonds is 2. The van der Waals surface area contributed by atoms with Gasteiger partial charge in [-0.3, -0.25) is 0 Å². The number of benzene rings is 1. The van der Waals surface area contributed by atoms with Gasteiger partial charge in [0, 0.05) is 5.56 Å². The normalized spacial score (nSPS) is 9.83. The Kier molecular flexibility index (Phi) is 2.40. The maximum Gasteiger partial charge on any atom is 0.132 e. The molecule has 0 saturated heterocycles. The number of hydrogen-bond acceptors (Lipinski definition) is 3. The lowest BCUT2D eigenvalue weighted by molar-refractivity contribution is -0.255. The van der Waals surface area contributed by atoms with Gasteiger partial charge in [0.25, 0.3) is 0 Å². The summed E-state index contributed by atoms with van der Waals surface area (Å²) in [6.45, 7) is -0.319. The zero-order chi connectivity index (χ0) is 9.14. The maximum absolute atomic E-state index is 12.7. The highest BCUT2D eigenvalue weighted by Crippen LogP contribution is 2.09. The first-order valence-corrected chi connectivity index (χ1v) is 3.26. The van der Waals surface area contributed by atoms with Crippen LogP contribution in [-0.2, 0) is 6.61 Å². The van der Waals surface area contributed by atoms with Crippen molar-refractivity contribution in [2.24, 2.45) is 0 Å². The minimum Gasteiger partial charge on any atom is -0.545 e. The van der Waals surface area contributed by atoms with Crippen LogP contribution >= 0.6 is 0 Å². The number of hydrogen-bond donors (Lipinski definition) is 1. The average Bonchev–Trinajstić information content (AvgIpc) is 2.05. The monoisotopic (exact) mass is 169 g/mol. The Hall–Kier alpha value is -1.42. The fourth-order valence-corrected chi connectivity index (χ4v) is 0.827. The van der Waals surface area contributed by atoms with Crippen LogP contribution in [0.1, 0.15) is 15.9 Å². The first kappa shape index (κ1) is 8.67. The number of carboxylic acids is 1. The number of carbonyl (C=O) groups excluding carboxylic acids is 1. The largest absolute Gasteiger partial charge is 0.545 e. The smallest absolute Gasteiger partial charge is 0.132 e. The Labute approximate surface area is 68.1 Å². The van der Waals surface area contributed by atoms with E-state index in [1.165, 1.54) is 6.07 Å². The number of aromatic carboxylic acids is 1. The van der Waals surface area contributed by atoms with Crippen LogP contribution in [0.3, 0.4) is 0 Å². The van der Waals surface area contributed by atoms with E-state index < -0.39 is 17.3 Å². The molecule has 0 aliphatic carbocycles. The first-order valence-electron chi connectivity index (χ1n) is 3.26. The summed E-state index contributed by atoms with van der Waals surface area (Å²) in [6.07, 6.45) is 0. The molecule has 0 saturated carbocycles. The molecule has 0 radical (unpaired) electrons. The van der Waals surface area contributed by atoms with Crippen molar-refractivity contribution in [3.8, 4) is 0 Å². The molecule has 3 nitrogen and oxygen atoms in total. The lowest BCUT2D eigenvalue weighted by Gasteiger charge is -2.05. The third kappa shape index (κ3) is 1.60. The van der Waals surface area contributed by atoms with Crippen LogP contribution in [0.2, 0.25) is 0 Å². The molecule has 0 aromatic heterocycles. The van der Waals surface area contributed by atoms with Crippen molar-refractivity contribution in [3.63, 3.8) is 0 Å². The van der Waals surface area contributed by atoms with Crippen LogP contribution in [-0.4, -0.2) is 11.1 Å². The van der Waals surface area contributed by atoms with Gasteiger partial charge in [-0.15, -0.1) is 0 Å². The summed E-state index contributed by atoms with van der Waals surface area (Å²) in [4.78, 5) is 10.3. The van der Waals surface area contributed by atoms with Crippen molar-refractivity contribution >= 4 is 5.97 Å². The molecule has 64 valence electrons. The van der Waals surface area contributed by atoms with Crippen molar-refractivity contribution in [2.45, 2.75) is 6.61 Å². The van der Waals surface area contributed by atoms with Gasteiger partial charge in [-0.05, 0) is 17.7 Å². The summed E-state index contributed by atoms with van der Waals surface area (Å²) in [6, 6.07) is 3.34. The molecule has 0 unspecified atom stereocenters. The van der Waals surface area contributed by atoms with E-state index in [-0.39, 0.29) is 6.61 Å². The van der Waals surface area contributed by atoms with Crippen molar-refractivity contribution in [1.29, 1.82) is 0 Å². The van der Waals surface area contributed by atoms with E-state index in [1.54, 1.807) is 0 Å². The summed E-state index contributed by atoms with van der Waals surface area (Å²) < 4.78 is 12.7. The molecular weight excluding hydrogens is 163 g/mol. The molecule has 1 aromatic rings. The van der Waals surface area contributed by atoms with Crippen molar-refractivity contribution in [1.82, 2.24) is 0 Å². The van der Waals surface area contributed by atoms with Gasteiger partial charge in [0.15, 0.2) is 0 Å². The van der Waals surface area contributed by atoms with Crippen molar-refractivity contribution in [3.05, 3.63) is 35.1 Å². The fourth-order valence-electron chi connectivity index (χ4n) is 0.827. The number of carbonyl (C=O) groups is 1. The predicted molar refractivity (Wildman–Crippen MR) is 36.7 cm³/mol. The molecular formula is C8H6FO3-. The van der Waals surface area contributed by atoms with E-state index >= 15 is 0 Å². The standard InChI is InChI=1S/C8H7FO3/c9-7-2-1-5(4-10)3-6(7)8(11)12/h1-3,10H,4H2,(H,11,12)/p-1. The van der Waals surface area contributed by atoms with Gasteiger partial charge in [-0.25, -0.2) is 4.39 Å². The summed E-state index contributed by atoms with van der Waals surface area (Å²) >= 11 is 0. The van der Waals surface area contributed by atoms with E-state index in [0.29, 0.717) is 5.56 Å². The first-order chi connectivity index (χ1) is 5.65. The molecule has 1 aromatic carbocycles. The van der Waals surface area contributed by atoms with Crippen LogP contribution in [0, 0.1) is 5.82 Å². The minimum atomic E-state index is -1.58.